The molecule has 0 saturated carbocycles. The van der Waals surface area contributed by atoms with E-state index in [2.05, 4.69) is 16.9 Å². The van der Waals surface area contributed by atoms with Crippen LogP contribution in [0.4, 0.5) is 0 Å². The molecule has 1 aliphatic rings. The Morgan fingerprint density at radius 2 is 2.00 bits per heavy atom. The fraction of sp³-hybridized carbons (Fsp3) is 0.409. The highest BCUT2D eigenvalue weighted by Crippen LogP contribution is 2.20. The third-order valence-electron chi connectivity index (χ3n) is 5.79. The van der Waals surface area contributed by atoms with Crippen LogP contribution in [0.5, 0.6) is 0 Å². The van der Waals surface area contributed by atoms with E-state index in [4.69, 9.17) is 16.6 Å². The van der Waals surface area contributed by atoms with Crippen molar-refractivity contribution in [3.8, 4) is 0 Å². The Hall–Kier alpha value is -2.71. The lowest BCUT2D eigenvalue weighted by molar-refractivity contribution is -0.135. The van der Waals surface area contributed by atoms with Crippen molar-refractivity contribution in [1.29, 1.82) is 0 Å². The van der Waals surface area contributed by atoms with Crippen molar-refractivity contribution in [2.75, 3.05) is 20.1 Å². The number of likely N-dealkylation sites (tertiary alicyclic amines) is 1. The zero-order chi connectivity index (χ0) is 21.1. The van der Waals surface area contributed by atoms with E-state index in [0.29, 0.717) is 22.2 Å². The van der Waals surface area contributed by atoms with Crippen LogP contribution in [-0.2, 0) is 17.9 Å². The first kappa shape index (κ1) is 20.6. The van der Waals surface area contributed by atoms with E-state index in [9.17, 15) is 9.59 Å². The van der Waals surface area contributed by atoms with Gasteiger partial charge in [0.1, 0.15) is 5.76 Å². The van der Waals surface area contributed by atoms with Gasteiger partial charge in [0, 0.05) is 19.0 Å². The number of carbonyl (C=O) groups excluding carboxylic acids is 1. The second-order valence-corrected chi connectivity index (χ2v) is 8.20. The molecular weight excluding hydrogens is 400 g/mol. The fourth-order valence-corrected chi connectivity index (χ4v) is 4.34. The van der Waals surface area contributed by atoms with E-state index < -0.39 is 0 Å². The summed E-state index contributed by atoms with van der Waals surface area (Å²) in [7, 11) is 2.10. The minimum atomic E-state index is -0.168. The molecule has 0 atom stereocenters. The van der Waals surface area contributed by atoms with E-state index in [1.54, 1.807) is 12.3 Å². The number of furan rings is 1. The van der Waals surface area contributed by atoms with Crippen LogP contribution in [0.15, 0.2) is 51.9 Å². The molecule has 8 heteroatoms. The minimum absolute atomic E-state index is 0.00964. The van der Waals surface area contributed by atoms with Gasteiger partial charge in [-0.05, 0) is 69.5 Å². The minimum Gasteiger partial charge on any atom is -0.467 e. The number of hydrogen-bond donors (Lipinski definition) is 1. The number of rotatable bonds is 6. The standard InChI is InChI=1S/C22H26N4O3S/c1-24-11-8-16(9-12-24)26(15-17-5-4-14-29-17)20(27)10-13-25-21(28)18-6-2-3-7-19(18)23-22(25)30/h2-7,14,16H,8-13,15H2,1H3,(H,23,30). The quantitative estimate of drug-likeness (QED) is 0.613. The summed E-state index contributed by atoms with van der Waals surface area (Å²) < 4.78 is 7.31. The van der Waals surface area contributed by atoms with E-state index >= 15 is 0 Å². The Morgan fingerprint density at radius 3 is 2.73 bits per heavy atom. The molecule has 0 unspecified atom stereocenters. The van der Waals surface area contributed by atoms with E-state index in [0.717, 1.165) is 31.7 Å². The summed E-state index contributed by atoms with van der Waals surface area (Å²) >= 11 is 5.38. The monoisotopic (exact) mass is 426 g/mol. The molecule has 0 spiro atoms. The van der Waals surface area contributed by atoms with Crippen LogP contribution in [0.3, 0.4) is 0 Å². The first-order chi connectivity index (χ1) is 14.5. The Kier molecular flexibility index (Phi) is 6.15. The molecule has 3 heterocycles. The lowest BCUT2D eigenvalue weighted by Gasteiger charge is -2.37. The number of benzene rings is 1. The average Bonchev–Trinajstić information content (AvgIpc) is 3.26. The van der Waals surface area contributed by atoms with E-state index in [-0.39, 0.29) is 30.5 Å². The lowest BCUT2D eigenvalue weighted by atomic mass is 10.0. The molecule has 3 aromatic rings. The number of hydrogen-bond acceptors (Lipinski definition) is 5. The molecule has 1 fully saturated rings. The van der Waals surface area contributed by atoms with Gasteiger partial charge in [-0.15, -0.1) is 0 Å². The summed E-state index contributed by atoms with van der Waals surface area (Å²) in [6, 6.07) is 11.2. The third kappa shape index (κ3) is 4.39. The first-order valence-corrected chi connectivity index (χ1v) is 10.7. The van der Waals surface area contributed by atoms with Gasteiger partial charge in [-0.1, -0.05) is 12.1 Å². The predicted molar refractivity (Wildman–Crippen MR) is 118 cm³/mol. The third-order valence-corrected chi connectivity index (χ3v) is 6.12. The van der Waals surface area contributed by atoms with Crippen molar-refractivity contribution in [1.82, 2.24) is 19.4 Å². The Labute approximate surface area is 179 Å². The van der Waals surface area contributed by atoms with Crippen molar-refractivity contribution in [2.24, 2.45) is 0 Å². The maximum Gasteiger partial charge on any atom is 0.262 e. The summed E-state index contributed by atoms with van der Waals surface area (Å²) in [5, 5.41) is 0.571. The van der Waals surface area contributed by atoms with Crippen molar-refractivity contribution in [2.45, 2.75) is 38.4 Å². The molecule has 4 rings (SSSR count). The maximum absolute atomic E-state index is 13.2. The topological polar surface area (TPSA) is 74.5 Å². The van der Waals surface area contributed by atoms with Crippen molar-refractivity contribution in [3.05, 3.63) is 63.5 Å². The summed E-state index contributed by atoms with van der Waals surface area (Å²) in [5.41, 5.74) is 0.542. The highest BCUT2D eigenvalue weighted by Gasteiger charge is 2.27. The zero-order valence-corrected chi connectivity index (χ0v) is 17.9. The van der Waals surface area contributed by atoms with Gasteiger partial charge in [0.15, 0.2) is 4.77 Å². The van der Waals surface area contributed by atoms with Crippen LogP contribution >= 0.6 is 12.2 Å². The summed E-state index contributed by atoms with van der Waals surface area (Å²) in [5.74, 6) is 0.776. The molecule has 1 aromatic carbocycles. The molecule has 7 nitrogen and oxygen atoms in total. The summed E-state index contributed by atoms with van der Waals surface area (Å²) in [6.45, 7) is 2.61. The van der Waals surface area contributed by atoms with Gasteiger partial charge in [0.2, 0.25) is 5.91 Å². The van der Waals surface area contributed by atoms with E-state index in [1.807, 2.05) is 35.2 Å². The van der Waals surface area contributed by atoms with Crippen molar-refractivity contribution < 1.29 is 9.21 Å². The lowest BCUT2D eigenvalue weighted by Crippen LogP contribution is -2.46. The smallest absolute Gasteiger partial charge is 0.262 e. The van der Waals surface area contributed by atoms with Crippen LogP contribution in [-0.4, -0.2) is 51.4 Å². The summed E-state index contributed by atoms with van der Waals surface area (Å²) in [6.07, 6.45) is 3.70. The Bertz CT molecular complexity index is 1130. The molecule has 1 saturated heterocycles. The number of aromatic nitrogens is 2. The number of aromatic amines is 1. The predicted octanol–water partition coefficient (Wildman–Crippen LogP) is 3.17. The molecule has 158 valence electrons. The molecule has 0 bridgehead atoms. The van der Waals surface area contributed by atoms with Crippen molar-refractivity contribution in [3.63, 3.8) is 0 Å². The van der Waals surface area contributed by atoms with Gasteiger partial charge in [-0.25, -0.2) is 0 Å². The molecule has 30 heavy (non-hydrogen) atoms. The molecular formula is C22H26N4O3S. The Balaban J connectivity index is 1.53. The highest BCUT2D eigenvalue weighted by atomic mass is 32.1. The molecule has 1 aliphatic heterocycles. The number of para-hydroxylation sites is 1. The SMILES string of the molecule is CN1CCC(N(Cc2ccco2)C(=O)CCn2c(=S)[nH]c3ccccc3c2=O)CC1. The van der Waals surface area contributed by atoms with Gasteiger partial charge in [-0.3, -0.25) is 14.2 Å². The van der Waals surface area contributed by atoms with Gasteiger partial charge >= 0.3 is 0 Å². The number of H-pyrrole nitrogens is 1. The fourth-order valence-electron chi connectivity index (χ4n) is 4.05. The Morgan fingerprint density at radius 1 is 1.23 bits per heavy atom. The summed E-state index contributed by atoms with van der Waals surface area (Å²) in [4.78, 5) is 33.4. The van der Waals surface area contributed by atoms with Crippen LogP contribution in [0, 0.1) is 4.77 Å². The van der Waals surface area contributed by atoms with Gasteiger partial charge < -0.3 is 19.2 Å². The van der Waals surface area contributed by atoms with E-state index in [1.165, 1.54) is 4.57 Å². The first-order valence-electron chi connectivity index (χ1n) is 10.2. The zero-order valence-electron chi connectivity index (χ0n) is 17.0. The van der Waals surface area contributed by atoms with Crippen LogP contribution in [0.1, 0.15) is 25.0 Å². The maximum atomic E-state index is 13.2. The molecule has 0 aliphatic carbocycles. The van der Waals surface area contributed by atoms with Crippen LogP contribution in [0.25, 0.3) is 10.9 Å². The number of amides is 1. The number of piperidine rings is 1. The second kappa shape index (κ2) is 8.97. The van der Waals surface area contributed by atoms with Gasteiger partial charge in [0.05, 0.1) is 23.7 Å². The normalized spacial score (nSPS) is 15.5. The highest BCUT2D eigenvalue weighted by molar-refractivity contribution is 7.71. The van der Waals surface area contributed by atoms with Gasteiger partial charge in [-0.2, -0.15) is 0 Å². The number of nitrogens with one attached hydrogen (secondary N) is 1. The number of carbonyl (C=O) groups is 1. The largest absolute Gasteiger partial charge is 0.467 e. The molecule has 1 amide bonds. The number of nitrogens with zero attached hydrogens (tertiary/aromatic N) is 3. The van der Waals surface area contributed by atoms with Crippen LogP contribution in [0.2, 0.25) is 0 Å². The van der Waals surface area contributed by atoms with Crippen LogP contribution < -0.4 is 5.56 Å². The van der Waals surface area contributed by atoms with Gasteiger partial charge in [0.25, 0.3) is 5.56 Å². The molecule has 1 N–H and O–H groups in total. The molecule has 2 aromatic heterocycles. The second-order valence-electron chi connectivity index (χ2n) is 7.82. The molecule has 0 radical (unpaired) electrons. The average molecular weight is 427 g/mol. The van der Waals surface area contributed by atoms with Crippen molar-refractivity contribution >= 4 is 29.0 Å². The number of fused-ring (bicyclic) bond motifs is 1.